The van der Waals surface area contributed by atoms with Gasteiger partial charge in [-0.2, -0.15) is 5.10 Å². The summed E-state index contributed by atoms with van der Waals surface area (Å²) >= 11 is 5.63. The molecule has 0 bridgehead atoms. The van der Waals surface area contributed by atoms with Crippen LogP contribution in [0.15, 0.2) is 36.7 Å². The summed E-state index contributed by atoms with van der Waals surface area (Å²) in [6.45, 7) is 1.72. The monoisotopic (exact) mass is 267 g/mol. The summed E-state index contributed by atoms with van der Waals surface area (Å²) in [4.78, 5) is 11.9. The van der Waals surface area contributed by atoms with Gasteiger partial charge >= 0.3 is 0 Å². The van der Waals surface area contributed by atoms with Crippen molar-refractivity contribution < 1.29 is 9.18 Å². The predicted molar refractivity (Wildman–Crippen MR) is 67.0 cm³/mol. The van der Waals surface area contributed by atoms with Gasteiger partial charge in [0, 0.05) is 18.1 Å². The molecule has 0 saturated heterocycles. The third-order valence-corrected chi connectivity index (χ3v) is 2.78. The number of nitrogens with one attached hydrogen (secondary N) is 1. The first-order valence-corrected chi connectivity index (χ1v) is 5.71. The van der Waals surface area contributed by atoms with Crippen LogP contribution in [-0.4, -0.2) is 15.7 Å². The molecule has 1 amide bonds. The van der Waals surface area contributed by atoms with E-state index in [9.17, 15) is 9.18 Å². The largest absolute Gasteiger partial charge is 0.324 e. The summed E-state index contributed by atoms with van der Waals surface area (Å²) in [5, 5.41) is 6.60. The van der Waals surface area contributed by atoms with Crippen molar-refractivity contribution in [1.82, 2.24) is 9.78 Å². The molecule has 0 saturated carbocycles. The van der Waals surface area contributed by atoms with Gasteiger partial charge in [-0.3, -0.25) is 9.48 Å². The van der Waals surface area contributed by atoms with Crippen molar-refractivity contribution in [2.45, 2.75) is 13.0 Å². The fraction of sp³-hybridized carbons (Fsp3) is 0.167. The summed E-state index contributed by atoms with van der Waals surface area (Å²) in [7, 11) is 0. The molecule has 1 aromatic carbocycles. The standard InChI is InChI=1S/C12H11ClFN3O/c1-8(17-6-2-5-15-17)12(18)16-9-3-4-11(14)10(13)7-9/h2-8H,1H3,(H,16,18)/t8-/m0/s1. The third kappa shape index (κ3) is 2.68. The minimum absolute atomic E-state index is 0.0282. The lowest BCUT2D eigenvalue weighted by molar-refractivity contribution is -0.119. The first-order chi connectivity index (χ1) is 8.58. The normalized spacial score (nSPS) is 12.2. The number of halogens is 2. The van der Waals surface area contributed by atoms with E-state index >= 15 is 0 Å². The smallest absolute Gasteiger partial charge is 0.248 e. The molecule has 1 atom stereocenters. The first kappa shape index (κ1) is 12.6. The average molecular weight is 268 g/mol. The lowest BCUT2D eigenvalue weighted by Gasteiger charge is -2.12. The molecule has 18 heavy (non-hydrogen) atoms. The molecule has 1 aromatic heterocycles. The van der Waals surface area contributed by atoms with E-state index in [1.54, 1.807) is 25.4 Å². The molecule has 6 heteroatoms. The van der Waals surface area contributed by atoms with Crippen LogP contribution in [0.5, 0.6) is 0 Å². The Balaban J connectivity index is 2.09. The molecular weight excluding hydrogens is 257 g/mol. The van der Waals surface area contributed by atoms with Gasteiger partial charge in [-0.15, -0.1) is 0 Å². The van der Waals surface area contributed by atoms with E-state index in [4.69, 9.17) is 11.6 Å². The van der Waals surface area contributed by atoms with Gasteiger partial charge < -0.3 is 5.32 Å². The van der Waals surface area contributed by atoms with Gasteiger partial charge in [0.1, 0.15) is 11.9 Å². The molecule has 0 fully saturated rings. The molecule has 94 valence electrons. The highest BCUT2D eigenvalue weighted by Gasteiger charge is 2.15. The predicted octanol–water partition coefficient (Wildman–Crippen LogP) is 2.88. The Hall–Kier alpha value is -1.88. The van der Waals surface area contributed by atoms with Crippen LogP contribution in [-0.2, 0) is 4.79 Å². The number of carbonyl (C=O) groups is 1. The van der Waals surface area contributed by atoms with E-state index in [-0.39, 0.29) is 10.9 Å². The van der Waals surface area contributed by atoms with Gasteiger partial charge in [0.25, 0.3) is 0 Å². The number of rotatable bonds is 3. The van der Waals surface area contributed by atoms with Crippen LogP contribution in [0.2, 0.25) is 5.02 Å². The van der Waals surface area contributed by atoms with Gasteiger partial charge in [-0.1, -0.05) is 11.6 Å². The van der Waals surface area contributed by atoms with E-state index in [2.05, 4.69) is 10.4 Å². The number of hydrogen-bond acceptors (Lipinski definition) is 2. The Labute approximate surface area is 108 Å². The molecule has 0 unspecified atom stereocenters. The van der Waals surface area contributed by atoms with Crippen molar-refractivity contribution in [2.24, 2.45) is 0 Å². The van der Waals surface area contributed by atoms with E-state index in [0.29, 0.717) is 5.69 Å². The molecule has 2 rings (SSSR count). The summed E-state index contributed by atoms with van der Waals surface area (Å²) in [5.41, 5.74) is 0.449. The Morgan fingerprint density at radius 1 is 1.56 bits per heavy atom. The van der Waals surface area contributed by atoms with E-state index < -0.39 is 11.9 Å². The number of benzene rings is 1. The molecule has 0 aliphatic heterocycles. The van der Waals surface area contributed by atoms with Gasteiger partial charge in [0.15, 0.2) is 0 Å². The second-order valence-electron chi connectivity index (χ2n) is 3.78. The SMILES string of the molecule is C[C@@H](C(=O)Nc1ccc(F)c(Cl)c1)n1cccn1. The molecule has 1 N–H and O–H groups in total. The Morgan fingerprint density at radius 3 is 2.94 bits per heavy atom. The molecule has 2 aromatic rings. The number of anilines is 1. The van der Waals surface area contributed by atoms with Gasteiger partial charge in [-0.05, 0) is 31.2 Å². The van der Waals surface area contributed by atoms with Gasteiger partial charge in [0.05, 0.1) is 5.02 Å². The molecule has 0 radical (unpaired) electrons. The van der Waals surface area contributed by atoms with Crippen molar-refractivity contribution in [3.8, 4) is 0 Å². The summed E-state index contributed by atoms with van der Waals surface area (Å²) in [6, 6.07) is 5.30. The first-order valence-electron chi connectivity index (χ1n) is 5.33. The number of amides is 1. The van der Waals surface area contributed by atoms with Crippen molar-refractivity contribution in [3.63, 3.8) is 0 Å². The maximum Gasteiger partial charge on any atom is 0.248 e. The lowest BCUT2D eigenvalue weighted by Crippen LogP contribution is -2.23. The number of carbonyl (C=O) groups excluding carboxylic acids is 1. The van der Waals surface area contributed by atoms with Crippen LogP contribution in [0.4, 0.5) is 10.1 Å². The van der Waals surface area contributed by atoms with E-state index in [0.717, 1.165) is 0 Å². The molecule has 0 spiro atoms. The zero-order chi connectivity index (χ0) is 13.1. The summed E-state index contributed by atoms with van der Waals surface area (Å²) in [6.07, 6.45) is 3.29. The van der Waals surface area contributed by atoms with Crippen LogP contribution in [0.25, 0.3) is 0 Å². The minimum atomic E-state index is -0.519. The topological polar surface area (TPSA) is 46.9 Å². The van der Waals surface area contributed by atoms with Crippen molar-refractivity contribution >= 4 is 23.2 Å². The third-order valence-electron chi connectivity index (χ3n) is 2.49. The van der Waals surface area contributed by atoms with Gasteiger partial charge in [-0.25, -0.2) is 4.39 Å². The number of hydrogen-bond donors (Lipinski definition) is 1. The molecule has 4 nitrogen and oxygen atoms in total. The fourth-order valence-corrected chi connectivity index (χ4v) is 1.63. The van der Waals surface area contributed by atoms with E-state index in [1.807, 2.05) is 0 Å². The van der Waals surface area contributed by atoms with Gasteiger partial charge in [0.2, 0.25) is 5.91 Å². The Morgan fingerprint density at radius 2 is 2.33 bits per heavy atom. The molecule has 1 heterocycles. The van der Waals surface area contributed by atoms with Crippen LogP contribution in [0.1, 0.15) is 13.0 Å². The minimum Gasteiger partial charge on any atom is -0.324 e. The van der Waals surface area contributed by atoms with Crippen LogP contribution in [0, 0.1) is 5.82 Å². The number of aromatic nitrogens is 2. The lowest BCUT2D eigenvalue weighted by atomic mass is 10.2. The summed E-state index contributed by atoms with van der Waals surface area (Å²) in [5.74, 6) is -0.767. The maximum atomic E-state index is 13.0. The highest BCUT2D eigenvalue weighted by molar-refractivity contribution is 6.31. The number of nitrogens with zero attached hydrogens (tertiary/aromatic N) is 2. The quantitative estimate of drug-likeness (QED) is 0.929. The maximum absolute atomic E-state index is 13.0. The summed E-state index contributed by atoms with van der Waals surface area (Å²) < 4.78 is 14.5. The molecule has 0 aliphatic rings. The van der Waals surface area contributed by atoms with Crippen molar-refractivity contribution in [2.75, 3.05) is 5.32 Å². The second-order valence-corrected chi connectivity index (χ2v) is 4.19. The Kier molecular flexibility index (Phi) is 3.62. The zero-order valence-electron chi connectivity index (χ0n) is 9.60. The molecular formula is C12H11ClFN3O. The van der Waals surface area contributed by atoms with E-state index in [1.165, 1.54) is 22.9 Å². The van der Waals surface area contributed by atoms with Crippen molar-refractivity contribution in [1.29, 1.82) is 0 Å². The average Bonchev–Trinajstić information content (AvgIpc) is 2.86. The van der Waals surface area contributed by atoms with Crippen LogP contribution in [0.3, 0.4) is 0 Å². The highest BCUT2D eigenvalue weighted by Crippen LogP contribution is 2.20. The van der Waals surface area contributed by atoms with Crippen molar-refractivity contribution in [3.05, 3.63) is 47.5 Å². The van der Waals surface area contributed by atoms with Crippen LogP contribution < -0.4 is 5.32 Å². The fourth-order valence-electron chi connectivity index (χ4n) is 1.45. The highest BCUT2D eigenvalue weighted by atomic mass is 35.5. The second kappa shape index (κ2) is 5.18. The molecule has 0 aliphatic carbocycles. The van der Waals surface area contributed by atoms with Crippen LogP contribution >= 0.6 is 11.6 Å². The zero-order valence-corrected chi connectivity index (χ0v) is 10.4. The Bertz CT molecular complexity index is 556.